The van der Waals surface area contributed by atoms with E-state index in [-0.39, 0.29) is 0 Å². The molecule has 8 rings (SSSR count). The molecule has 2 aliphatic carbocycles. The van der Waals surface area contributed by atoms with Crippen molar-refractivity contribution in [1.82, 2.24) is 0 Å². The summed E-state index contributed by atoms with van der Waals surface area (Å²) >= 11 is 14.4. The van der Waals surface area contributed by atoms with Gasteiger partial charge >= 0.3 is 0 Å². The van der Waals surface area contributed by atoms with Crippen molar-refractivity contribution in [1.29, 1.82) is 0 Å². The lowest BCUT2D eigenvalue weighted by Crippen LogP contribution is -2.27. The summed E-state index contributed by atoms with van der Waals surface area (Å²) in [5.74, 6) is 0. The van der Waals surface area contributed by atoms with Crippen LogP contribution < -0.4 is 31.8 Å². The number of aryl methyl sites for hydroxylation is 4. The summed E-state index contributed by atoms with van der Waals surface area (Å²) in [6.07, 6.45) is 9.90. The molecule has 0 nitrogen and oxygen atoms in total. The quantitative estimate of drug-likeness (QED) is 0.113. The lowest BCUT2D eigenvalue weighted by molar-refractivity contribution is 0.685. The maximum Gasteiger partial charge on any atom is 0.180 e. The van der Waals surface area contributed by atoms with Crippen molar-refractivity contribution < 1.29 is 0 Å². The lowest BCUT2D eigenvalue weighted by Gasteiger charge is -2.30. The van der Waals surface area contributed by atoms with Gasteiger partial charge in [0.25, 0.3) is 0 Å². The summed E-state index contributed by atoms with van der Waals surface area (Å²) in [7, 11) is -1.50. The Morgan fingerprint density at radius 1 is 0.360 bits per heavy atom. The van der Waals surface area contributed by atoms with Crippen LogP contribution in [0.5, 0.6) is 0 Å². The van der Waals surface area contributed by atoms with Gasteiger partial charge in [0.05, 0.1) is 0 Å². The Morgan fingerprint density at radius 3 is 0.860 bits per heavy atom. The molecule has 0 atom stereocenters. The van der Waals surface area contributed by atoms with Gasteiger partial charge in [0, 0.05) is 0 Å². The second-order valence-electron chi connectivity index (χ2n) is 13.0. The molecule has 0 aliphatic heterocycles. The van der Waals surface area contributed by atoms with Crippen LogP contribution in [-0.4, -0.2) is 4.30 Å². The summed E-state index contributed by atoms with van der Waals surface area (Å²) in [5, 5.41) is 8.73. The fraction of sp³-hybridized carbons (Fsp3) is 0.200. The molecule has 50 heavy (non-hydrogen) atoms. The Hall–Kier alpha value is -2.95. The first-order valence-electron chi connectivity index (χ1n) is 17.6. The molecule has 5 heteroatoms. The fourth-order valence-electron chi connectivity index (χ4n) is 7.51. The molecule has 252 valence electrons. The highest BCUT2D eigenvalue weighted by molar-refractivity contribution is 7.80. The number of hydrogen-bond acceptors (Lipinski definition) is 0. The first kappa shape index (κ1) is 35.5. The molecule has 6 aromatic carbocycles. The second-order valence-corrected chi connectivity index (χ2v) is 19.3. The number of alkyl halides is 3. The van der Waals surface area contributed by atoms with Gasteiger partial charge in [-0.25, -0.2) is 0 Å². The zero-order chi connectivity index (χ0) is 34.3. The van der Waals surface area contributed by atoms with Gasteiger partial charge in [0.2, 0.25) is 0 Å². The molecule has 0 amide bonds. The molecule has 0 unspecified atom stereocenters. The molecule has 0 saturated carbocycles. The molecule has 0 saturated heterocycles. The van der Waals surface area contributed by atoms with Crippen LogP contribution in [0.2, 0.25) is 0 Å². The van der Waals surface area contributed by atoms with E-state index in [1.54, 1.807) is 22.3 Å². The van der Waals surface area contributed by atoms with Gasteiger partial charge in [0.1, 0.15) is 0 Å². The Labute approximate surface area is 315 Å². The van der Waals surface area contributed by atoms with Gasteiger partial charge in [-0.15, -0.1) is 0 Å². The lowest BCUT2D eigenvalue weighted by atomic mass is 9.86. The van der Waals surface area contributed by atoms with Crippen LogP contribution in [0.3, 0.4) is 0 Å². The first-order valence-corrected chi connectivity index (χ1v) is 21.6. The molecule has 0 bridgehead atoms. The van der Waals surface area contributed by atoms with E-state index in [2.05, 4.69) is 146 Å². The molecule has 0 aromatic heterocycles. The minimum Gasteiger partial charge on any atom is -0.0874 e. The Bertz CT molecular complexity index is 1770. The molecule has 6 aromatic rings. The number of halogens is 3. The van der Waals surface area contributed by atoms with Gasteiger partial charge in [-0.05, 0) is 145 Å². The third-order valence-corrected chi connectivity index (χ3v) is 14.7. The maximum absolute atomic E-state index is 4.81. The van der Waals surface area contributed by atoms with Crippen molar-refractivity contribution in [3.63, 3.8) is 0 Å². The molecule has 2 aliphatic rings. The van der Waals surface area contributed by atoms with Gasteiger partial charge in [-0.2, -0.15) is 0 Å². The van der Waals surface area contributed by atoms with Crippen LogP contribution in [0.25, 0.3) is 11.1 Å². The van der Waals surface area contributed by atoms with Crippen molar-refractivity contribution in [3.8, 4) is 11.1 Å². The van der Waals surface area contributed by atoms with E-state index in [9.17, 15) is 0 Å². The van der Waals surface area contributed by atoms with Gasteiger partial charge < -0.3 is 0 Å². The highest BCUT2D eigenvalue weighted by atomic mass is 35.6. The average molecular weight is 750 g/mol. The van der Waals surface area contributed by atoms with Crippen molar-refractivity contribution in [3.05, 3.63) is 168 Å². The van der Waals surface area contributed by atoms with Gasteiger partial charge in [0.15, 0.2) is 4.30 Å². The summed E-state index contributed by atoms with van der Waals surface area (Å²) < 4.78 is -0.750. The summed E-state index contributed by atoms with van der Waals surface area (Å²) in [4.78, 5) is 0. The Morgan fingerprint density at radius 2 is 0.600 bits per heavy atom. The second kappa shape index (κ2) is 17.0. The monoisotopic (exact) mass is 748 g/mol. The van der Waals surface area contributed by atoms with E-state index in [0.29, 0.717) is 0 Å². The van der Waals surface area contributed by atoms with Gasteiger partial charge in [-0.1, -0.05) is 168 Å². The molecule has 0 heterocycles. The fourth-order valence-corrected chi connectivity index (χ4v) is 12.5. The third kappa shape index (κ3) is 8.23. The van der Waals surface area contributed by atoms with E-state index >= 15 is 0 Å². The van der Waals surface area contributed by atoms with Crippen LogP contribution >= 0.6 is 50.6 Å². The minimum atomic E-state index is -0.750. The first-order chi connectivity index (χ1) is 24.6. The van der Waals surface area contributed by atoms with Crippen LogP contribution in [0, 0.1) is 0 Å². The van der Waals surface area contributed by atoms with Crippen molar-refractivity contribution in [2.24, 2.45) is 0 Å². The predicted octanol–water partition coefficient (Wildman–Crippen LogP) is 10.6. The Kier molecular flexibility index (Phi) is 12.1. The predicted molar refractivity (Wildman–Crippen MR) is 224 cm³/mol. The van der Waals surface area contributed by atoms with E-state index in [4.69, 9.17) is 34.8 Å². The molecule has 0 spiro atoms. The number of fused-ring (bicyclic) bond motifs is 2. The van der Waals surface area contributed by atoms with E-state index < -0.39 is 20.1 Å². The normalized spacial score (nSPS) is 13.8. The highest BCUT2D eigenvalue weighted by Crippen LogP contribution is 2.44. The van der Waals surface area contributed by atoms with Crippen molar-refractivity contribution in [2.45, 2.75) is 55.7 Å². The topological polar surface area (TPSA) is 0 Å². The van der Waals surface area contributed by atoms with E-state index in [1.807, 2.05) is 0 Å². The van der Waals surface area contributed by atoms with Crippen LogP contribution in [0.4, 0.5) is 0 Å². The van der Waals surface area contributed by atoms with E-state index in [1.165, 1.54) is 94.3 Å². The maximum atomic E-state index is 4.81. The minimum absolute atomic E-state index is 0.750. The number of benzene rings is 6. The smallest absolute Gasteiger partial charge is 0.0874 e. The van der Waals surface area contributed by atoms with Crippen molar-refractivity contribution >= 4 is 82.5 Å². The molecular formula is C45H41Cl3P2. The van der Waals surface area contributed by atoms with Crippen LogP contribution in [0.15, 0.2) is 146 Å². The average Bonchev–Trinajstić information content (AvgIpc) is 3.16. The summed E-state index contributed by atoms with van der Waals surface area (Å²) in [5.41, 5.74) is 9.18. The van der Waals surface area contributed by atoms with E-state index in [0.717, 1.165) is 0 Å². The molecule has 0 N–H and O–H groups in total. The molecular weight excluding hydrogens is 709 g/mol. The zero-order valence-electron chi connectivity index (χ0n) is 28.1. The molecule has 0 fully saturated rings. The highest BCUT2D eigenvalue weighted by Gasteiger charge is 2.28. The third-order valence-electron chi connectivity index (χ3n) is 9.75. The summed E-state index contributed by atoms with van der Waals surface area (Å²) in [6.45, 7) is 0. The Balaban J connectivity index is 0.000000932. The van der Waals surface area contributed by atoms with Crippen LogP contribution in [0.1, 0.15) is 47.9 Å². The number of hydrogen-bond donors (Lipinski definition) is 0. The van der Waals surface area contributed by atoms with Crippen molar-refractivity contribution in [2.75, 3.05) is 0 Å². The standard InChI is InChI=1S/C44H40P2.CHCl3/c1-5-21-37(22-6-1)45(38-23-7-2-8-24-38)43-31-35-19-15-13-17-33(35)29-41(43)42-30-34-18-14-16-20-36(34)32-44(42)46(39-25-9-3-10-26-39)40-27-11-4-12-28-40;2-1(3)4/h1-12,21-32H,13-20H2;1H. The molecule has 0 radical (unpaired) electrons. The SMILES string of the molecule is ClC(Cl)Cl.c1ccc(P(c2ccccc2)c2cc3c(cc2-c2cc4c(cc2P(c2ccccc2)c2ccccc2)CCCC4)CCCC3)cc1. The van der Waals surface area contributed by atoms with Crippen LogP contribution in [-0.2, 0) is 25.7 Å². The zero-order valence-corrected chi connectivity index (χ0v) is 32.2. The number of rotatable bonds is 7. The largest absolute Gasteiger partial charge is 0.180 e. The van der Waals surface area contributed by atoms with Gasteiger partial charge in [-0.3, -0.25) is 0 Å². The summed E-state index contributed by atoms with van der Waals surface area (Å²) in [6, 6.07) is 55.8.